The number of nitrogens with zero attached hydrogens (tertiary/aromatic N) is 4. The van der Waals surface area contributed by atoms with Crippen molar-refractivity contribution < 1.29 is 14.7 Å². The summed E-state index contributed by atoms with van der Waals surface area (Å²) in [5.74, 6) is -0.324. The van der Waals surface area contributed by atoms with Gasteiger partial charge in [-0.1, -0.05) is 47.2 Å². The summed E-state index contributed by atoms with van der Waals surface area (Å²) in [7, 11) is 2.03. The van der Waals surface area contributed by atoms with Crippen molar-refractivity contribution in [1.82, 2.24) is 20.4 Å². The number of aromatic nitrogens is 2. The Morgan fingerprint density at radius 1 is 1.13 bits per heavy atom. The van der Waals surface area contributed by atoms with Crippen molar-refractivity contribution in [3.8, 4) is 0 Å². The molecule has 0 spiro atoms. The number of nitrogens with one attached hydrogen (secondary N) is 1. The van der Waals surface area contributed by atoms with Crippen LogP contribution >= 0.6 is 35.3 Å². The fraction of sp³-hybridized carbons (Fsp3) is 0.429. The number of halogens is 2. The maximum atomic E-state index is 12.8. The molecule has 0 aliphatic carbocycles. The predicted molar refractivity (Wildman–Crippen MR) is 158 cm³/mol. The van der Waals surface area contributed by atoms with Gasteiger partial charge in [-0.25, -0.2) is 0 Å². The summed E-state index contributed by atoms with van der Waals surface area (Å²) >= 11 is 7.22. The van der Waals surface area contributed by atoms with Gasteiger partial charge in [0, 0.05) is 43.2 Å². The van der Waals surface area contributed by atoms with E-state index in [0.29, 0.717) is 29.4 Å². The van der Waals surface area contributed by atoms with E-state index in [0.717, 1.165) is 41.3 Å². The normalized spacial score (nSPS) is 15.5. The minimum absolute atomic E-state index is 0. The Morgan fingerprint density at radius 2 is 1.79 bits per heavy atom. The fourth-order valence-corrected chi connectivity index (χ4v) is 5.15. The van der Waals surface area contributed by atoms with Crippen LogP contribution in [0, 0.1) is 0 Å². The van der Waals surface area contributed by atoms with E-state index in [2.05, 4.69) is 20.4 Å². The molecule has 0 bridgehead atoms. The molecular weight excluding hydrogens is 557 g/mol. The Morgan fingerprint density at radius 3 is 2.46 bits per heavy atom. The van der Waals surface area contributed by atoms with Gasteiger partial charge in [0.2, 0.25) is 10.9 Å². The van der Waals surface area contributed by atoms with E-state index in [9.17, 15) is 14.7 Å². The largest absolute Gasteiger partial charge is 0.390 e. The SMILES string of the molecule is CN(CCC(C)(C)O)Cc1ccc(N2C[C@H](NC(=O)c3nnc(CCc4ccc(Cl)cc4)s3)CC2=O)cc1.Cl. The molecule has 1 saturated heterocycles. The summed E-state index contributed by atoms with van der Waals surface area (Å²) in [6.45, 7) is 5.58. The minimum atomic E-state index is -0.684. The van der Waals surface area contributed by atoms with Crippen LogP contribution < -0.4 is 10.2 Å². The zero-order valence-corrected chi connectivity index (χ0v) is 24.8. The molecule has 3 aromatic rings. The molecule has 2 N–H and O–H groups in total. The van der Waals surface area contributed by atoms with Crippen LogP contribution in [0.5, 0.6) is 0 Å². The molecule has 1 fully saturated rings. The number of anilines is 1. The maximum Gasteiger partial charge on any atom is 0.282 e. The first kappa shape index (κ1) is 31.0. The van der Waals surface area contributed by atoms with Crippen LogP contribution in [0.15, 0.2) is 48.5 Å². The number of amides is 2. The first-order valence-corrected chi connectivity index (χ1v) is 13.9. The van der Waals surface area contributed by atoms with E-state index < -0.39 is 5.60 Å². The lowest BCUT2D eigenvalue weighted by molar-refractivity contribution is -0.117. The van der Waals surface area contributed by atoms with Gasteiger partial charge in [0.05, 0.1) is 11.6 Å². The molecule has 1 atom stereocenters. The quantitative estimate of drug-likeness (QED) is 0.340. The van der Waals surface area contributed by atoms with Gasteiger partial charge in [0.15, 0.2) is 0 Å². The topological polar surface area (TPSA) is 98.7 Å². The minimum Gasteiger partial charge on any atom is -0.390 e. The van der Waals surface area contributed by atoms with Crippen molar-refractivity contribution in [2.24, 2.45) is 0 Å². The Kier molecular flexibility index (Phi) is 10.9. The molecule has 1 aliphatic heterocycles. The predicted octanol–water partition coefficient (Wildman–Crippen LogP) is 4.53. The van der Waals surface area contributed by atoms with Gasteiger partial charge in [-0.3, -0.25) is 9.59 Å². The highest BCUT2D eigenvalue weighted by atomic mass is 35.5. The fourth-order valence-electron chi connectivity index (χ4n) is 4.29. The third-order valence-corrected chi connectivity index (χ3v) is 7.70. The second-order valence-electron chi connectivity index (χ2n) is 10.5. The van der Waals surface area contributed by atoms with Crippen molar-refractivity contribution in [3.05, 3.63) is 74.7 Å². The smallest absolute Gasteiger partial charge is 0.282 e. The lowest BCUT2D eigenvalue weighted by Crippen LogP contribution is -2.37. The molecule has 0 saturated carbocycles. The van der Waals surface area contributed by atoms with Crippen LogP contribution in [0.2, 0.25) is 5.02 Å². The number of aryl methyl sites for hydroxylation is 2. The van der Waals surface area contributed by atoms with Gasteiger partial charge in [-0.05, 0) is 69.1 Å². The average Bonchev–Trinajstić information content (AvgIpc) is 3.49. The molecule has 4 rings (SSSR count). The standard InChI is InChI=1S/C28H34ClN5O3S.ClH/c1-28(2,37)14-15-33(3)17-20-6-11-23(12-7-20)34-18-22(16-25(34)35)30-26(36)27-32-31-24(38-27)13-8-19-4-9-21(29)10-5-19;/h4-7,9-12,22,37H,8,13-18H2,1-3H3,(H,30,36);1H/t22-;/m1./s1. The Labute approximate surface area is 244 Å². The van der Waals surface area contributed by atoms with E-state index in [1.807, 2.05) is 69.4 Å². The van der Waals surface area contributed by atoms with Crippen LogP contribution in [0.1, 0.15) is 52.6 Å². The lowest BCUT2D eigenvalue weighted by atomic mass is 10.1. The Balaban J connectivity index is 0.00000420. The number of aliphatic hydroxyl groups is 1. The molecule has 210 valence electrons. The highest BCUT2D eigenvalue weighted by Gasteiger charge is 2.32. The number of hydrogen-bond donors (Lipinski definition) is 2. The van der Waals surface area contributed by atoms with Crippen LogP contribution in [-0.2, 0) is 24.2 Å². The summed E-state index contributed by atoms with van der Waals surface area (Å²) in [6, 6.07) is 15.3. The van der Waals surface area contributed by atoms with Crippen molar-refractivity contribution >= 4 is 52.8 Å². The van der Waals surface area contributed by atoms with Crippen LogP contribution in [0.4, 0.5) is 5.69 Å². The second kappa shape index (κ2) is 13.7. The molecule has 8 nitrogen and oxygen atoms in total. The molecule has 1 aromatic heterocycles. The molecule has 2 amide bonds. The summed E-state index contributed by atoms with van der Waals surface area (Å²) in [5.41, 5.74) is 2.41. The average molecular weight is 593 g/mol. The molecule has 2 heterocycles. The van der Waals surface area contributed by atoms with Crippen molar-refractivity contribution in [1.29, 1.82) is 0 Å². The monoisotopic (exact) mass is 591 g/mol. The number of hydrogen-bond acceptors (Lipinski definition) is 7. The molecule has 0 unspecified atom stereocenters. The summed E-state index contributed by atoms with van der Waals surface area (Å²) in [4.78, 5) is 29.3. The van der Waals surface area contributed by atoms with E-state index in [-0.39, 0.29) is 36.7 Å². The van der Waals surface area contributed by atoms with Crippen LogP contribution in [-0.4, -0.2) is 63.8 Å². The molecule has 11 heteroatoms. The van der Waals surface area contributed by atoms with Gasteiger partial charge in [-0.15, -0.1) is 22.6 Å². The van der Waals surface area contributed by atoms with Gasteiger partial charge in [0.25, 0.3) is 5.91 Å². The molecule has 39 heavy (non-hydrogen) atoms. The highest BCUT2D eigenvalue weighted by molar-refractivity contribution is 7.13. The number of rotatable bonds is 11. The van der Waals surface area contributed by atoms with Gasteiger partial charge < -0.3 is 20.2 Å². The van der Waals surface area contributed by atoms with Gasteiger partial charge in [-0.2, -0.15) is 0 Å². The van der Waals surface area contributed by atoms with Gasteiger partial charge in [0.1, 0.15) is 5.01 Å². The molecule has 0 radical (unpaired) electrons. The van der Waals surface area contributed by atoms with Crippen molar-refractivity contribution in [2.45, 2.75) is 57.7 Å². The van der Waals surface area contributed by atoms with Crippen molar-refractivity contribution in [3.63, 3.8) is 0 Å². The molecule has 2 aromatic carbocycles. The summed E-state index contributed by atoms with van der Waals surface area (Å²) in [5, 5.41) is 22.9. The number of benzene rings is 2. The first-order chi connectivity index (χ1) is 18.1. The highest BCUT2D eigenvalue weighted by Crippen LogP contribution is 2.23. The third-order valence-electron chi connectivity index (χ3n) is 6.47. The van der Waals surface area contributed by atoms with Crippen LogP contribution in [0.3, 0.4) is 0 Å². The van der Waals surface area contributed by atoms with Gasteiger partial charge >= 0.3 is 0 Å². The number of carbonyl (C=O) groups is 2. The zero-order chi connectivity index (χ0) is 27.3. The molecular formula is C28H35Cl2N5O3S. The third kappa shape index (κ3) is 9.25. The summed E-state index contributed by atoms with van der Waals surface area (Å²) < 4.78 is 0. The zero-order valence-electron chi connectivity index (χ0n) is 22.4. The first-order valence-electron chi connectivity index (χ1n) is 12.7. The van der Waals surface area contributed by atoms with E-state index in [1.165, 1.54) is 11.3 Å². The van der Waals surface area contributed by atoms with E-state index >= 15 is 0 Å². The molecule has 1 aliphatic rings. The second-order valence-corrected chi connectivity index (χ2v) is 12.0. The van der Waals surface area contributed by atoms with E-state index in [1.54, 1.807) is 4.90 Å². The Bertz CT molecular complexity index is 1250. The maximum absolute atomic E-state index is 12.8. The Hall–Kier alpha value is -2.56. The number of carbonyl (C=O) groups excluding carboxylic acids is 2. The lowest BCUT2D eigenvalue weighted by Gasteiger charge is -2.23. The van der Waals surface area contributed by atoms with Crippen LogP contribution in [0.25, 0.3) is 0 Å². The van der Waals surface area contributed by atoms with Crippen molar-refractivity contribution in [2.75, 3.05) is 25.0 Å². The summed E-state index contributed by atoms with van der Waals surface area (Å²) in [6.07, 6.45) is 2.41. The van der Waals surface area contributed by atoms with E-state index in [4.69, 9.17) is 11.6 Å².